The Kier molecular flexibility index (Phi) is 5.48. The molecule has 1 heterocycles. The number of carbonyl (C=O) groups excluding carboxylic acids is 2. The number of carbonyl (C=O) groups is 2. The van der Waals surface area contributed by atoms with Gasteiger partial charge in [0.2, 0.25) is 5.78 Å². The van der Waals surface area contributed by atoms with Gasteiger partial charge in [-0.05, 0) is 60.2 Å². The Morgan fingerprint density at radius 1 is 0.967 bits per heavy atom. The van der Waals surface area contributed by atoms with Crippen molar-refractivity contribution >= 4 is 41.0 Å². The average Bonchev–Trinajstić information content (AvgIpc) is 3.05. The van der Waals surface area contributed by atoms with E-state index in [1.807, 2.05) is 0 Å². The van der Waals surface area contributed by atoms with Crippen molar-refractivity contribution in [2.45, 2.75) is 0 Å². The number of allylic oxidation sites excluding steroid dienone is 1. The van der Waals surface area contributed by atoms with Crippen molar-refractivity contribution in [3.05, 3.63) is 93.2 Å². The van der Waals surface area contributed by atoms with Crippen LogP contribution in [0.5, 0.6) is 17.2 Å². The van der Waals surface area contributed by atoms with Gasteiger partial charge in [-0.2, -0.15) is 0 Å². The molecule has 0 atom stereocenters. The molecule has 3 aromatic carbocycles. The molecule has 0 aliphatic carbocycles. The predicted molar refractivity (Wildman–Crippen MR) is 114 cm³/mol. The van der Waals surface area contributed by atoms with Gasteiger partial charge in [-0.1, -0.05) is 29.3 Å². The lowest BCUT2D eigenvalue weighted by Gasteiger charge is -2.06. The van der Waals surface area contributed by atoms with Gasteiger partial charge in [0.05, 0.1) is 18.2 Å². The maximum absolute atomic E-state index is 12.6. The first-order valence-electron chi connectivity index (χ1n) is 8.84. The van der Waals surface area contributed by atoms with Crippen molar-refractivity contribution in [1.82, 2.24) is 0 Å². The maximum Gasteiger partial charge on any atom is 0.343 e. The summed E-state index contributed by atoms with van der Waals surface area (Å²) < 4.78 is 16.1. The van der Waals surface area contributed by atoms with Crippen LogP contribution >= 0.6 is 23.2 Å². The van der Waals surface area contributed by atoms with Crippen LogP contribution < -0.4 is 14.2 Å². The smallest absolute Gasteiger partial charge is 0.343 e. The van der Waals surface area contributed by atoms with Gasteiger partial charge in [-0.3, -0.25) is 4.79 Å². The molecule has 30 heavy (non-hydrogen) atoms. The second kappa shape index (κ2) is 8.22. The first-order chi connectivity index (χ1) is 14.4. The number of ether oxygens (including phenoxy) is 3. The number of esters is 1. The first-order valence-corrected chi connectivity index (χ1v) is 9.60. The van der Waals surface area contributed by atoms with Crippen molar-refractivity contribution in [1.29, 1.82) is 0 Å². The molecule has 1 aliphatic rings. The van der Waals surface area contributed by atoms with Gasteiger partial charge in [-0.25, -0.2) is 4.79 Å². The van der Waals surface area contributed by atoms with Crippen molar-refractivity contribution in [3.8, 4) is 17.2 Å². The van der Waals surface area contributed by atoms with Gasteiger partial charge >= 0.3 is 5.97 Å². The molecule has 3 aromatic rings. The third-order valence-corrected chi connectivity index (χ3v) is 4.99. The second-order valence-corrected chi connectivity index (χ2v) is 7.23. The van der Waals surface area contributed by atoms with Crippen LogP contribution in [0.3, 0.4) is 0 Å². The van der Waals surface area contributed by atoms with Crippen LogP contribution in [0, 0.1) is 0 Å². The zero-order valence-corrected chi connectivity index (χ0v) is 17.2. The van der Waals surface area contributed by atoms with Crippen LogP contribution in [0.1, 0.15) is 26.3 Å². The minimum Gasteiger partial charge on any atom is -0.497 e. The molecule has 1 aliphatic heterocycles. The zero-order valence-electron chi connectivity index (χ0n) is 15.6. The molecule has 0 radical (unpaired) electrons. The lowest BCUT2D eigenvalue weighted by molar-refractivity contribution is 0.0734. The van der Waals surface area contributed by atoms with E-state index in [1.54, 1.807) is 67.8 Å². The van der Waals surface area contributed by atoms with Gasteiger partial charge in [0.15, 0.2) is 5.76 Å². The summed E-state index contributed by atoms with van der Waals surface area (Å²) in [7, 11) is 1.54. The third-order valence-electron chi connectivity index (χ3n) is 4.43. The summed E-state index contributed by atoms with van der Waals surface area (Å²) in [6.45, 7) is 0. The molecule has 5 nitrogen and oxygen atoms in total. The number of methoxy groups -OCH3 is 1. The largest absolute Gasteiger partial charge is 0.497 e. The van der Waals surface area contributed by atoms with E-state index in [9.17, 15) is 9.59 Å². The summed E-state index contributed by atoms with van der Waals surface area (Å²) in [6, 6.07) is 16.1. The van der Waals surface area contributed by atoms with E-state index >= 15 is 0 Å². The summed E-state index contributed by atoms with van der Waals surface area (Å²) in [4.78, 5) is 25.0. The van der Waals surface area contributed by atoms with Gasteiger partial charge in [0, 0.05) is 16.1 Å². The van der Waals surface area contributed by atoms with Crippen molar-refractivity contribution in [3.63, 3.8) is 0 Å². The molecule has 0 aromatic heterocycles. The number of fused-ring (bicyclic) bond motifs is 1. The number of ketones is 1. The highest BCUT2D eigenvalue weighted by molar-refractivity contribution is 6.35. The fraction of sp³-hybridized carbons (Fsp3) is 0.0435. The van der Waals surface area contributed by atoms with Crippen molar-refractivity contribution in [2.75, 3.05) is 7.11 Å². The Morgan fingerprint density at radius 3 is 2.40 bits per heavy atom. The van der Waals surface area contributed by atoms with E-state index in [2.05, 4.69) is 0 Å². The van der Waals surface area contributed by atoms with Crippen molar-refractivity contribution < 1.29 is 23.8 Å². The Bertz CT molecular complexity index is 1180. The summed E-state index contributed by atoms with van der Waals surface area (Å²) in [6.07, 6.45) is 1.55. The molecular formula is C23H14Cl2O5. The molecule has 0 unspecified atom stereocenters. The van der Waals surface area contributed by atoms with Crippen LogP contribution in [-0.2, 0) is 0 Å². The Hall–Kier alpha value is -3.28. The molecule has 0 N–H and O–H groups in total. The van der Waals surface area contributed by atoms with Gasteiger partial charge in [0.25, 0.3) is 0 Å². The van der Waals surface area contributed by atoms with E-state index in [1.165, 1.54) is 6.07 Å². The maximum atomic E-state index is 12.6. The first kappa shape index (κ1) is 20.0. The topological polar surface area (TPSA) is 61.8 Å². The van der Waals surface area contributed by atoms with Gasteiger partial charge < -0.3 is 14.2 Å². The van der Waals surface area contributed by atoms with Crippen molar-refractivity contribution in [2.24, 2.45) is 0 Å². The standard InChI is InChI=1S/C23H14Cl2O5/c1-28-16-6-3-13(4-7-16)23(27)29-17-8-9-18-20(12-17)30-21(22(18)26)10-14-2-5-15(24)11-19(14)25/h2-12H,1H3/b21-10-. The fourth-order valence-corrected chi connectivity index (χ4v) is 3.35. The molecule has 7 heteroatoms. The lowest BCUT2D eigenvalue weighted by atomic mass is 10.1. The van der Waals surface area contributed by atoms with Crippen LogP contribution in [-0.4, -0.2) is 18.9 Å². The van der Waals surface area contributed by atoms with E-state index in [4.69, 9.17) is 37.4 Å². The van der Waals surface area contributed by atoms with E-state index in [-0.39, 0.29) is 17.3 Å². The minimum atomic E-state index is -0.536. The Morgan fingerprint density at radius 2 is 1.70 bits per heavy atom. The molecule has 0 spiro atoms. The van der Waals surface area contributed by atoms with Gasteiger partial charge in [0.1, 0.15) is 17.2 Å². The molecule has 0 saturated heterocycles. The fourth-order valence-electron chi connectivity index (χ4n) is 2.88. The number of halogens is 2. The quantitative estimate of drug-likeness (QED) is 0.289. The average molecular weight is 441 g/mol. The zero-order chi connectivity index (χ0) is 21.3. The normalized spacial score (nSPS) is 13.7. The molecule has 4 rings (SSSR count). The third kappa shape index (κ3) is 4.03. The molecule has 0 bridgehead atoms. The number of Topliss-reactive ketones (excluding diaryl/α,β-unsaturated/α-hetero) is 1. The number of hydrogen-bond donors (Lipinski definition) is 0. The van der Waals surface area contributed by atoms with Crippen LogP contribution in [0.2, 0.25) is 10.0 Å². The summed E-state index contributed by atoms with van der Waals surface area (Å²) >= 11 is 12.1. The summed E-state index contributed by atoms with van der Waals surface area (Å²) in [5, 5.41) is 0.892. The molecule has 0 saturated carbocycles. The number of benzene rings is 3. The van der Waals surface area contributed by atoms with Crippen LogP contribution in [0.4, 0.5) is 0 Å². The van der Waals surface area contributed by atoms with Gasteiger partial charge in [-0.15, -0.1) is 0 Å². The lowest BCUT2D eigenvalue weighted by Crippen LogP contribution is -2.08. The summed E-state index contributed by atoms with van der Waals surface area (Å²) in [5.41, 5.74) is 1.34. The molecule has 0 fully saturated rings. The predicted octanol–water partition coefficient (Wildman–Crippen LogP) is 5.84. The Balaban J connectivity index is 1.54. The number of rotatable bonds is 4. The monoisotopic (exact) mass is 440 g/mol. The van der Waals surface area contributed by atoms with E-state index in [0.29, 0.717) is 38.2 Å². The molecular weight excluding hydrogens is 427 g/mol. The van der Waals surface area contributed by atoms with Crippen LogP contribution in [0.15, 0.2) is 66.4 Å². The van der Waals surface area contributed by atoms with E-state index < -0.39 is 5.97 Å². The SMILES string of the molecule is COc1ccc(C(=O)Oc2ccc3c(c2)O/C(=C\c2ccc(Cl)cc2Cl)C3=O)cc1. The number of hydrogen-bond acceptors (Lipinski definition) is 5. The second-order valence-electron chi connectivity index (χ2n) is 6.38. The highest BCUT2D eigenvalue weighted by atomic mass is 35.5. The summed E-state index contributed by atoms with van der Waals surface area (Å²) in [5.74, 6) is 0.489. The minimum absolute atomic E-state index is 0.118. The van der Waals surface area contributed by atoms with E-state index in [0.717, 1.165) is 0 Å². The Labute approximate surface area is 182 Å². The highest BCUT2D eigenvalue weighted by Crippen LogP contribution is 2.36. The molecule has 0 amide bonds. The molecule has 150 valence electrons. The van der Waals surface area contributed by atoms with Crippen LogP contribution in [0.25, 0.3) is 6.08 Å². The highest BCUT2D eigenvalue weighted by Gasteiger charge is 2.28.